The maximum Gasteiger partial charge on any atom is 0.270 e. The molecule has 0 aliphatic carbocycles. The van der Waals surface area contributed by atoms with Crippen LogP contribution >= 0.6 is 0 Å². The van der Waals surface area contributed by atoms with Crippen molar-refractivity contribution in [2.75, 3.05) is 7.11 Å². The number of benzene rings is 1. The molecule has 0 aliphatic rings. The summed E-state index contributed by atoms with van der Waals surface area (Å²) in [5, 5.41) is 10.8. The summed E-state index contributed by atoms with van der Waals surface area (Å²) in [5.41, 5.74) is 7.41. The predicted molar refractivity (Wildman–Crippen MR) is 71.1 cm³/mol. The van der Waals surface area contributed by atoms with Crippen molar-refractivity contribution in [3.05, 3.63) is 57.9 Å². The first-order valence-electron chi connectivity index (χ1n) is 5.81. The van der Waals surface area contributed by atoms with Crippen LogP contribution in [0.5, 0.6) is 5.75 Å². The largest absolute Gasteiger partial charge is 0.496 e. The van der Waals surface area contributed by atoms with Gasteiger partial charge in [0.05, 0.1) is 18.6 Å². The number of non-ortho nitro benzene ring substituents is 1. The van der Waals surface area contributed by atoms with Crippen LogP contribution < -0.4 is 10.5 Å². The molecule has 0 atom stereocenters. The second kappa shape index (κ2) is 5.53. The Morgan fingerprint density at radius 1 is 1.42 bits per heavy atom. The molecular formula is C13H15N3O3. The molecule has 0 radical (unpaired) electrons. The zero-order valence-corrected chi connectivity index (χ0v) is 10.6. The van der Waals surface area contributed by atoms with Gasteiger partial charge in [0.2, 0.25) is 0 Å². The molecule has 0 fully saturated rings. The minimum Gasteiger partial charge on any atom is -0.496 e. The molecule has 6 nitrogen and oxygen atoms in total. The van der Waals surface area contributed by atoms with Crippen LogP contribution in [0.4, 0.5) is 5.69 Å². The molecule has 0 unspecified atom stereocenters. The zero-order valence-electron chi connectivity index (χ0n) is 10.6. The average molecular weight is 261 g/mol. The fourth-order valence-corrected chi connectivity index (χ4v) is 1.97. The maximum absolute atomic E-state index is 10.8. The van der Waals surface area contributed by atoms with Crippen LogP contribution in [-0.4, -0.2) is 16.6 Å². The minimum absolute atomic E-state index is 0.0530. The van der Waals surface area contributed by atoms with Gasteiger partial charge < -0.3 is 15.0 Å². The van der Waals surface area contributed by atoms with E-state index in [4.69, 9.17) is 10.5 Å². The van der Waals surface area contributed by atoms with Gasteiger partial charge in [-0.15, -0.1) is 0 Å². The number of nitrogens with zero attached hydrogens (tertiary/aromatic N) is 2. The molecule has 2 N–H and O–H groups in total. The maximum atomic E-state index is 10.8. The monoisotopic (exact) mass is 261 g/mol. The Morgan fingerprint density at radius 2 is 2.21 bits per heavy atom. The minimum atomic E-state index is -0.414. The average Bonchev–Trinajstić information content (AvgIpc) is 2.85. The number of rotatable bonds is 5. The van der Waals surface area contributed by atoms with E-state index in [2.05, 4.69) is 0 Å². The van der Waals surface area contributed by atoms with Crippen LogP contribution in [0.2, 0.25) is 0 Å². The van der Waals surface area contributed by atoms with Gasteiger partial charge in [-0.25, -0.2) is 0 Å². The molecule has 100 valence electrons. The van der Waals surface area contributed by atoms with Crippen LogP contribution in [0.1, 0.15) is 11.3 Å². The lowest BCUT2D eigenvalue weighted by molar-refractivity contribution is -0.384. The summed E-state index contributed by atoms with van der Waals surface area (Å²) < 4.78 is 7.18. The predicted octanol–water partition coefficient (Wildman–Crippen LogP) is 1.91. The molecule has 1 aromatic heterocycles. The Morgan fingerprint density at radius 3 is 2.84 bits per heavy atom. The molecule has 1 heterocycles. The van der Waals surface area contributed by atoms with Crippen molar-refractivity contribution in [3.63, 3.8) is 0 Å². The van der Waals surface area contributed by atoms with E-state index in [0.717, 1.165) is 11.3 Å². The third kappa shape index (κ3) is 2.74. The smallest absolute Gasteiger partial charge is 0.270 e. The normalized spacial score (nSPS) is 10.4. The summed E-state index contributed by atoms with van der Waals surface area (Å²) in [6.07, 6.45) is 1.89. The molecule has 19 heavy (non-hydrogen) atoms. The molecule has 0 amide bonds. The number of hydrogen-bond donors (Lipinski definition) is 1. The Labute approximate surface area is 110 Å². The van der Waals surface area contributed by atoms with Crippen LogP contribution in [0.25, 0.3) is 0 Å². The summed E-state index contributed by atoms with van der Waals surface area (Å²) in [5.74, 6) is 0.627. The van der Waals surface area contributed by atoms with E-state index in [9.17, 15) is 10.1 Å². The fourth-order valence-electron chi connectivity index (χ4n) is 1.97. The van der Waals surface area contributed by atoms with Crippen LogP contribution in [0.3, 0.4) is 0 Å². The van der Waals surface area contributed by atoms with Crippen molar-refractivity contribution in [1.82, 2.24) is 4.57 Å². The van der Waals surface area contributed by atoms with Crippen molar-refractivity contribution in [2.24, 2.45) is 5.73 Å². The second-order valence-electron chi connectivity index (χ2n) is 4.08. The lowest BCUT2D eigenvalue weighted by Gasteiger charge is -2.11. The molecule has 0 saturated heterocycles. The van der Waals surface area contributed by atoms with Crippen molar-refractivity contribution in [1.29, 1.82) is 0 Å². The number of nitro groups is 1. The Bertz CT molecular complexity index is 593. The van der Waals surface area contributed by atoms with Crippen LogP contribution in [0, 0.1) is 10.1 Å². The fraction of sp³-hybridized carbons (Fsp3) is 0.231. The van der Waals surface area contributed by atoms with Gasteiger partial charge in [0.25, 0.3) is 5.69 Å². The number of nitro benzene ring substituents is 1. The summed E-state index contributed by atoms with van der Waals surface area (Å²) in [7, 11) is 1.55. The van der Waals surface area contributed by atoms with Crippen molar-refractivity contribution >= 4 is 5.69 Å². The SMILES string of the molecule is COc1ccc([N+](=O)[O-])cc1Cn1cccc1CN. The van der Waals surface area contributed by atoms with Crippen LogP contribution in [0.15, 0.2) is 36.5 Å². The first-order valence-corrected chi connectivity index (χ1v) is 5.81. The third-order valence-corrected chi connectivity index (χ3v) is 2.95. The van der Waals surface area contributed by atoms with Gasteiger partial charge in [0, 0.05) is 36.1 Å². The standard InChI is InChI=1S/C13H15N3O3/c1-19-13-5-4-11(16(17)18)7-10(13)9-15-6-2-3-12(15)8-14/h2-7H,8-9,14H2,1H3. The lowest BCUT2D eigenvalue weighted by atomic mass is 10.1. The number of nitrogens with two attached hydrogens (primary N) is 1. The Kier molecular flexibility index (Phi) is 3.82. The Hall–Kier alpha value is -2.34. The second-order valence-corrected chi connectivity index (χ2v) is 4.08. The van der Waals surface area contributed by atoms with Gasteiger partial charge in [-0.1, -0.05) is 0 Å². The highest BCUT2D eigenvalue weighted by molar-refractivity contribution is 5.44. The van der Waals surface area contributed by atoms with Crippen molar-refractivity contribution in [2.45, 2.75) is 13.1 Å². The molecule has 2 rings (SSSR count). The number of hydrogen-bond acceptors (Lipinski definition) is 4. The highest BCUT2D eigenvalue weighted by Crippen LogP contribution is 2.25. The van der Waals surface area contributed by atoms with Gasteiger partial charge in [-0.2, -0.15) is 0 Å². The van der Waals surface area contributed by atoms with E-state index < -0.39 is 4.92 Å². The van der Waals surface area contributed by atoms with E-state index in [1.165, 1.54) is 12.1 Å². The highest BCUT2D eigenvalue weighted by Gasteiger charge is 2.12. The summed E-state index contributed by atoms with van der Waals surface area (Å²) in [6.45, 7) is 0.911. The zero-order chi connectivity index (χ0) is 13.8. The molecule has 0 saturated carbocycles. The quantitative estimate of drug-likeness (QED) is 0.658. The number of aromatic nitrogens is 1. The first kappa shape index (κ1) is 13.1. The molecular weight excluding hydrogens is 246 g/mol. The van der Waals surface area contributed by atoms with E-state index in [0.29, 0.717) is 18.8 Å². The van der Waals surface area contributed by atoms with E-state index in [-0.39, 0.29) is 5.69 Å². The van der Waals surface area contributed by atoms with Gasteiger partial charge >= 0.3 is 0 Å². The molecule has 2 aromatic rings. The van der Waals surface area contributed by atoms with E-state index in [1.54, 1.807) is 13.2 Å². The topological polar surface area (TPSA) is 83.3 Å². The van der Waals surface area contributed by atoms with E-state index in [1.807, 2.05) is 22.9 Å². The first-order chi connectivity index (χ1) is 9.15. The molecule has 0 aliphatic heterocycles. The van der Waals surface area contributed by atoms with Gasteiger partial charge in [-0.05, 0) is 18.2 Å². The van der Waals surface area contributed by atoms with Gasteiger partial charge in [0.15, 0.2) is 0 Å². The molecule has 0 bridgehead atoms. The summed E-state index contributed by atoms with van der Waals surface area (Å²) in [6, 6.07) is 8.38. The molecule has 6 heteroatoms. The number of methoxy groups -OCH3 is 1. The molecule has 0 spiro atoms. The Balaban J connectivity index is 2.37. The van der Waals surface area contributed by atoms with Gasteiger partial charge in [0.1, 0.15) is 5.75 Å². The third-order valence-electron chi connectivity index (χ3n) is 2.95. The summed E-state index contributed by atoms with van der Waals surface area (Å²) >= 11 is 0. The van der Waals surface area contributed by atoms with Crippen molar-refractivity contribution in [3.8, 4) is 5.75 Å². The van der Waals surface area contributed by atoms with E-state index >= 15 is 0 Å². The van der Waals surface area contributed by atoms with Crippen molar-refractivity contribution < 1.29 is 9.66 Å². The highest BCUT2D eigenvalue weighted by atomic mass is 16.6. The summed E-state index contributed by atoms with van der Waals surface area (Å²) in [4.78, 5) is 10.4. The van der Waals surface area contributed by atoms with Gasteiger partial charge in [-0.3, -0.25) is 10.1 Å². The lowest BCUT2D eigenvalue weighted by Crippen LogP contribution is -2.08. The number of ether oxygens (including phenoxy) is 1. The molecule has 1 aromatic carbocycles. The van der Waals surface area contributed by atoms with Crippen LogP contribution in [-0.2, 0) is 13.1 Å².